The first-order valence-corrected chi connectivity index (χ1v) is 12.4. The first-order valence-electron chi connectivity index (χ1n) is 12.4. The Hall–Kier alpha value is -4.00. The number of aromatic amines is 1. The molecule has 0 radical (unpaired) electrons. The minimum absolute atomic E-state index is 0.245. The molecular formula is C29H33N3O4. The van der Waals surface area contributed by atoms with Crippen molar-refractivity contribution in [3.05, 3.63) is 77.1 Å². The molecule has 4 aromatic rings. The number of nitrogens with one attached hydrogen (secondary N) is 2. The molecule has 0 fully saturated rings. The minimum atomic E-state index is -0.245. The average Bonchev–Trinajstić information content (AvgIpc) is 3.27. The fraction of sp³-hybridized carbons (Fsp3) is 0.310. The van der Waals surface area contributed by atoms with Gasteiger partial charge < -0.3 is 24.5 Å². The summed E-state index contributed by atoms with van der Waals surface area (Å²) in [5.74, 6) is 2.23. The van der Waals surface area contributed by atoms with Gasteiger partial charge in [-0.05, 0) is 81.6 Å². The van der Waals surface area contributed by atoms with Gasteiger partial charge in [0.25, 0.3) is 5.91 Å². The summed E-state index contributed by atoms with van der Waals surface area (Å²) in [5.41, 5.74) is 5.59. The molecule has 3 aromatic carbocycles. The number of amides is 1. The summed E-state index contributed by atoms with van der Waals surface area (Å²) in [6.07, 6.45) is 1.66. The van der Waals surface area contributed by atoms with E-state index in [1.165, 1.54) is 11.1 Å². The van der Waals surface area contributed by atoms with E-state index in [4.69, 9.17) is 14.2 Å². The van der Waals surface area contributed by atoms with E-state index in [2.05, 4.69) is 34.3 Å². The number of aromatic nitrogens is 2. The van der Waals surface area contributed by atoms with Crippen LogP contribution in [0.4, 0.5) is 5.69 Å². The molecule has 1 heterocycles. The van der Waals surface area contributed by atoms with Gasteiger partial charge in [-0.3, -0.25) is 4.79 Å². The largest absolute Gasteiger partial charge is 0.490 e. The molecule has 188 valence electrons. The second kappa shape index (κ2) is 11.6. The lowest BCUT2D eigenvalue weighted by atomic mass is 10.1. The Balaban J connectivity index is 1.43. The third kappa shape index (κ3) is 5.97. The van der Waals surface area contributed by atoms with E-state index in [0.29, 0.717) is 48.3 Å². The maximum Gasteiger partial charge on any atom is 0.255 e. The average molecular weight is 488 g/mol. The molecule has 36 heavy (non-hydrogen) atoms. The van der Waals surface area contributed by atoms with Crippen LogP contribution in [0, 0.1) is 6.92 Å². The third-order valence-corrected chi connectivity index (χ3v) is 5.72. The van der Waals surface area contributed by atoms with Crippen molar-refractivity contribution in [3.8, 4) is 17.2 Å². The Kier molecular flexibility index (Phi) is 8.10. The van der Waals surface area contributed by atoms with Gasteiger partial charge in [-0.25, -0.2) is 4.98 Å². The predicted octanol–water partition coefficient (Wildman–Crippen LogP) is 6.10. The highest BCUT2D eigenvalue weighted by atomic mass is 16.5. The Labute approximate surface area is 211 Å². The van der Waals surface area contributed by atoms with Gasteiger partial charge >= 0.3 is 0 Å². The zero-order valence-electron chi connectivity index (χ0n) is 21.3. The maximum absolute atomic E-state index is 13.0. The highest BCUT2D eigenvalue weighted by Gasteiger charge is 2.18. The van der Waals surface area contributed by atoms with Crippen LogP contribution >= 0.6 is 0 Å². The van der Waals surface area contributed by atoms with Crippen molar-refractivity contribution in [3.63, 3.8) is 0 Å². The number of ether oxygens (including phenoxy) is 3. The second-order valence-corrected chi connectivity index (χ2v) is 8.46. The number of H-pyrrole nitrogens is 1. The molecule has 4 rings (SSSR count). The molecule has 2 N–H and O–H groups in total. The van der Waals surface area contributed by atoms with Crippen molar-refractivity contribution in [2.24, 2.45) is 0 Å². The molecule has 1 aromatic heterocycles. The molecule has 7 heteroatoms. The number of anilines is 1. The lowest BCUT2D eigenvalue weighted by molar-refractivity contribution is 0.102. The van der Waals surface area contributed by atoms with Crippen molar-refractivity contribution >= 4 is 22.6 Å². The minimum Gasteiger partial charge on any atom is -0.490 e. The molecule has 0 aliphatic rings. The van der Waals surface area contributed by atoms with Crippen LogP contribution in [-0.2, 0) is 12.8 Å². The van der Waals surface area contributed by atoms with Crippen LogP contribution in [0.15, 0.2) is 54.6 Å². The molecule has 0 unspecified atom stereocenters. The summed E-state index contributed by atoms with van der Waals surface area (Å²) >= 11 is 0. The van der Waals surface area contributed by atoms with E-state index in [-0.39, 0.29) is 5.91 Å². The molecule has 0 aliphatic heterocycles. The first kappa shape index (κ1) is 25.1. The number of carbonyl (C=O) groups excluding carboxylic acids is 1. The molecule has 7 nitrogen and oxygen atoms in total. The fourth-order valence-electron chi connectivity index (χ4n) is 4.04. The summed E-state index contributed by atoms with van der Waals surface area (Å²) in [6.45, 7) is 9.12. The van der Waals surface area contributed by atoms with Crippen LogP contribution in [0.25, 0.3) is 11.0 Å². The second-order valence-electron chi connectivity index (χ2n) is 8.46. The molecule has 0 bridgehead atoms. The third-order valence-electron chi connectivity index (χ3n) is 5.72. The van der Waals surface area contributed by atoms with Crippen molar-refractivity contribution < 1.29 is 19.0 Å². The zero-order valence-corrected chi connectivity index (χ0v) is 21.3. The van der Waals surface area contributed by atoms with Crippen LogP contribution in [0.5, 0.6) is 17.2 Å². The Morgan fingerprint density at radius 1 is 0.861 bits per heavy atom. The fourth-order valence-corrected chi connectivity index (χ4v) is 4.04. The normalized spacial score (nSPS) is 10.9. The molecule has 0 atom stereocenters. The summed E-state index contributed by atoms with van der Waals surface area (Å²) in [7, 11) is 0. The molecule has 0 spiro atoms. The van der Waals surface area contributed by atoms with Crippen LogP contribution in [0.1, 0.15) is 48.1 Å². The summed E-state index contributed by atoms with van der Waals surface area (Å²) < 4.78 is 17.2. The van der Waals surface area contributed by atoms with E-state index in [1.54, 1.807) is 12.1 Å². The van der Waals surface area contributed by atoms with Gasteiger partial charge in [0.1, 0.15) is 5.82 Å². The van der Waals surface area contributed by atoms with Crippen LogP contribution in [0.3, 0.4) is 0 Å². The topological polar surface area (TPSA) is 85.5 Å². The van der Waals surface area contributed by atoms with E-state index in [1.807, 2.05) is 51.1 Å². The van der Waals surface area contributed by atoms with Crippen molar-refractivity contribution in [1.82, 2.24) is 9.97 Å². The van der Waals surface area contributed by atoms with Crippen LogP contribution in [0.2, 0.25) is 0 Å². The number of hydrogen-bond acceptors (Lipinski definition) is 5. The van der Waals surface area contributed by atoms with Crippen LogP contribution < -0.4 is 19.5 Å². The number of fused-ring (bicyclic) bond motifs is 1. The van der Waals surface area contributed by atoms with Gasteiger partial charge in [0.15, 0.2) is 11.5 Å². The summed E-state index contributed by atoms with van der Waals surface area (Å²) in [4.78, 5) is 21.1. The molecular weight excluding hydrogens is 454 g/mol. The number of hydrogen-bond donors (Lipinski definition) is 2. The van der Waals surface area contributed by atoms with Gasteiger partial charge in [0, 0.05) is 17.7 Å². The highest BCUT2D eigenvalue weighted by Crippen LogP contribution is 2.39. The van der Waals surface area contributed by atoms with Crippen molar-refractivity contribution in [2.45, 2.75) is 40.5 Å². The summed E-state index contributed by atoms with van der Waals surface area (Å²) in [5, 5.41) is 2.96. The number of carbonyl (C=O) groups is 1. The van der Waals surface area contributed by atoms with E-state index in [0.717, 1.165) is 29.7 Å². The maximum atomic E-state index is 13.0. The Morgan fingerprint density at radius 3 is 2.17 bits per heavy atom. The molecule has 0 aliphatic carbocycles. The number of aryl methyl sites for hydroxylation is 3. The monoisotopic (exact) mass is 487 g/mol. The molecule has 0 saturated carbocycles. The molecule has 1 amide bonds. The van der Waals surface area contributed by atoms with Gasteiger partial charge in [0.2, 0.25) is 5.75 Å². The lowest BCUT2D eigenvalue weighted by Gasteiger charge is -2.17. The lowest BCUT2D eigenvalue weighted by Crippen LogP contribution is -2.13. The standard InChI is InChI=1S/C29H33N3O4/c1-5-34-25-17-21(18-26(35-6-2)28(25)36-7-3)29(33)30-22-12-9-20(10-13-22)11-15-27-31-23-14-8-19(4)16-24(23)32-27/h8-10,12-14,16-18H,5-7,11,15H2,1-4H3,(H,30,33)(H,31,32). The van der Waals surface area contributed by atoms with Crippen molar-refractivity contribution in [1.29, 1.82) is 0 Å². The predicted molar refractivity (Wildman–Crippen MR) is 143 cm³/mol. The van der Waals surface area contributed by atoms with Crippen LogP contribution in [-0.4, -0.2) is 35.7 Å². The number of rotatable bonds is 11. The van der Waals surface area contributed by atoms with Gasteiger partial charge in [-0.1, -0.05) is 18.2 Å². The highest BCUT2D eigenvalue weighted by molar-refractivity contribution is 6.05. The number of benzene rings is 3. The van der Waals surface area contributed by atoms with Gasteiger partial charge in [-0.15, -0.1) is 0 Å². The van der Waals surface area contributed by atoms with E-state index >= 15 is 0 Å². The SMILES string of the molecule is CCOc1cc(C(=O)Nc2ccc(CCc3nc4ccc(C)cc4[nH]3)cc2)cc(OCC)c1OCC. The van der Waals surface area contributed by atoms with E-state index in [9.17, 15) is 4.79 Å². The molecule has 0 saturated heterocycles. The number of nitrogens with zero attached hydrogens (tertiary/aromatic N) is 1. The van der Waals surface area contributed by atoms with Crippen molar-refractivity contribution in [2.75, 3.05) is 25.1 Å². The van der Waals surface area contributed by atoms with Gasteiger partial charge in [-0.2, -0.15) is 0 Å². The first-order chi connectivity index (χ1) is 17.5. The van der Waals surface area contributed by atoms with E-state index < -0.39 is 0 Å². The Bertz CT molecular complexity index is 1300. The smallest absolute Gasteiger partial charge is 0.255 e. The van der Waals surface area contributed by atoms with Gasteiger partial charge in [0.05, 0.1) is 30.9 Å². The number of imidazole rings is 1. The Morgan fingerprint density at radius 2 is 1.53 bits per heavy atom. The zero-order chi connectivity index (χ0) is 25.5. The summed E-state index contributed by atoms with van der Waals surface area (Å²) in [6, 6.07) is 17.5. The quantitative estimate of drug-likeness (QED) is 0.267.